The van der Waals surface area contributed by atoms with E-state index in [4.69, 9.17) is 4.42 Å². The van der Waals surface area contributed by atoms with Gasteiger partial charge in [0.05, 0.1) is 23.4 Å². The Morgan fingerprint density at radius 1 is 0.540 bits per heavy atom. The van der Waals surface area contributed by atoms with Crippen molar-refractivity contribution >= 4 is 54.5 Å². The van der Waals surface area contributed by atoms with E-state index >= 15 is 0 Å². The molecule has 4 nitrogen and oxygen atoms in total. The van der Waals surface area contributed by atoms with Gasteiger partial charge >= 0.3 is 0 Å². The number of aromatic nitrogens is 1. The third-order valence-electron chi connectivity index (χ3n) is 11.0. The molecule has 4 unspecified atom stereocenters. The molecule has 3 heterocycles. The fourth-order valence-corrected chi connectivity index (χ4v) is 8.62. The van der Waals surface area contributed by atoms with Gasteiger partial charge in [0.15, 0.2) is 0 Å². The van der Waals surface area contributed by atoms with Crippen LogP contribution in [0.3, 0.4) is 0 Å². The van der Waals surface area contributed by atoms with Crippen LogP contribution in [-0.2, 0) is 0 Å². The fourth-order valence-electron chi connectivity index (χ4n) is 8.62. The summed E-state index contributed by atoms with van der Waals surface area (Å²) in [6.45, 7) is 2.32. The van der Waals surface area contributed by atoms with Crippen molar-refractivity contribution in [3.63, 3.8) is 0 Å². The zero-order chi connectivity index (χ0) is 33.2. The first kappa shape index (κ1) is 29.3. The highest BCUT2D eigenvalue weighted by atomic mass is 16.3. The van der Waals surface area contributed by atoms with Gasteiger partial charge in [0.2, 0.25) is 0 Å². The molecule has 242 valence electrons. The number of nitrogens with one attached hydrogen (secondary N) is 2. The van der Waals surface area contributed by atoms with Crippen LogP contribution in [0.4, 0.5) is 0 Å². The molecule has 1 aliphatic rings. The van der Waals surface area contributed by atoms with Crippen molar-refractivity contribution in [1.82, 2.24) is 15.2 Å². The van der Waals surface area contributed by atoms with E-state index in [1.807, 2.05) is 0 Å². The predicted molar refractivity (Wildman–Crippen MR) is 207 cm³/mol. The van der Waals surface area contributed by atoms with E-state index in [2.05, 4.69) is 180 Å². The number of hydrogen-bond acceptors (Lipinski definition) is 3. The maximum Gasteiger partial charge on any atom is 0.135 e. The molecule has 1 fully saturated rings. The molecule has 2 N–H and O–H groups in total. The molecule has 50 heavy (non-hydrogen) atoms. The Morgan fingerprint density at radius 2 is 1.24 bits per heavy atom. The molecular weight excluding hydrogens is 611 g/mol. The lowest BCUT2D eigenvalue weighted by atomic mass is 9.85. The van der Waals surface area contributed by atoms with Crippen molar-refractivity contribution in [1.29, 1.82) is 0 Å². The fraction of sp³-hybridized carbons (Fsp3) is 0.130. The summed E-state index contributed by atoms with van der Waals surface area (Å²) in [6, 6.07) is 57.2. The van der Waals surface area contributed by atoms with Crippen LogP contribution in [0.15, 0.2) is 162 Å². The van der Waals surface area contributed by atoms with E-state index < -0.39 is 0 Å². The van der Waals surface area contributed by atoms with Crippen molar-refractivity contribution in [2.24, 2.45) is 5.92 Å². The lowest BCUT2D eigenvalue weighted by molar-refractivity contribution is 0.117. The van der Waals surface area contributed by atoms with Crippen LogP contribution < -0.4 is 10.6 Å². The minimum absolute atomic E-state index is 0.0517. The lowest BCUT2D eigenvalue weighted by Gasteiger charge is -2.45. The van der Waals surface area contributed by atoms with E-state index in [9.17, 15) is 0 Å². The van der Waals surface area contributed by atoms with Gasteiger partial charge in [-0.15, -0.1) is 0 Å². The molecule has 4 atom stereocenters. The quantitative estimate of drug-likeness (QED) is 0.195. The van der Waals surface area contributed by atoms with Gasteiger partial charge in [-0.2, -0.15) is 0 Å². The van der Waals surface area contributed by atoms with Gasteiger partial charge in [-0.05, 0) is 69.8 Å². The Bertz CT molecular complexity index is 2630. The second kappa shape index (κ2) is 11.7. The second-order valence-electron chi connectivity index (χ2n) is 13.7. The molecule has 1 saturated heterocycles. The summed E-state index contributed by atoms with van der Waals surface area (Å²) >= 11 is 0. The van der Waals surface area contributed by atoms with Crippen molar-refractivity contribution < 1.29 is 4.42 Å². The zero-order valence-electron chi connectivity index (χ0n) is 27.9. The lowest BCUT2D eigenvalue weighted by Crippen LogP contribution is -2.52. The van der Waals surface area contributed by atoms with E-state index in [0.717, 1.165) is 33.9 Å². The summed E-state index contributed by atoms with van der Waals surface area (Å²) in [7, 11) is 0. The summed E-state index contributed by atoms with van der Waals surface area (Å²) in [5, 5.41) is 15.5. The molecule has 4 heteroatoms. The third-order valence-corrected chi connectivity index (χ3v) is 11.0. The Hall–Kier alpha value is -5.68. The first-order valence-electron chi connectivity index (χ1n) is 17.7. The van der Waals surface area contributed by atoms with E-state index in [-0.39, 0.29) is 18.4 Å². The van der Waals surface area contributed by atoms with Gasteiger partial charge in [0, 0.05) is 33.5 Å². The smallest absolute Gasteiger partial charge is 0.135 e. The van der Waals surface area contributed by atoms with Crippen LogP contribution in [0.25, 0.3) is 65.6 Å². The largest absolute Gasteiger partial charge is 0.456 e. The maximum absolute atomic E-state index is 6.57. The minimum Gasteiger partial charge on any atom is -0.456 e. The van der Waals surface area contributed by atoms with Crippen molar-refractivity contribution in [3.05, 3.63) is 169 Å². The summed E-state index contributed by atoms with van der Waals surface area (Å²) in [4.78, 5) is 0. The van der Waals surface area contributed by atoms with Crippen molar-refractivity contribution in [3.8, 4) is 11.1 Å². The molecule has 0 amide bonds. The number of rotatable bonds is 5. The summed E-state index contributed by atoms with van der Waals surface area (Å²) in [6.07, 6.45) is 0.965. The predicted octanol–water partition coefficient (Wildman–Crippen LogP) is 11.7. The van der Waals surface area contributed by atoms with Crippen LogP contribution in [-0.4, -0.2) is 4.57 Å². The molecular formula is C46H37N3O. The average Bonchev–Trinajstić information content (AvgIpc) is 3.72. The second-order valence-corrected chi connectivity index (χ2v) is 13.7. The topological polar surface area (TPSA) is 42.1 Å². The first-order chi connectivity index (χ1) is 24.7. The summed E-state index contributed by atoms with van der Waals surface area (Å²) in [5.74, 6) is 0.301. The molecule has 0 bridgehead atoms. The van der Waals surface area contributed by atoms with E-state index in [0.29, 0.717) is 5.92 Å². The molecule has 0 radical (unpaired) electrons. The normalized spacial score (nSPS) is 19.6. The SMILES string of the molecule is CCC1C(c2ccccc2)NC(c2ccc3c(c2)oc2ccc(-c4cccc5ccccc45)cc23)NC1n1c2ccccc2c2ccccc21. The van der Waals surface area contributed by atoms with E-state index in [1.54, 1.807) is 0 Å². The highest BCUT2D eigenvalue weighted by molar-refractivity contribution is 6.09. The number of benzene rings is 7. The molecule has 0 saturated carbocycles. The molecule has 2 aromatic heterocycles. The zero-order valence-corrected chi connectivity index (χ0v) is 27.9. The number of para-hydroxylation sites is 2. The Kier molecular flexibility index (Phi) is 6.86. The van der Waals surface area contributed by atoms with Crippen LogP contribution >= 0.6 is 0 Å². The van der Waals surface area contributed by atoms with Gasteiger partial charge in [0.25, 0.3) is 0 Å². The molecule has 7 aromatic carbocycles. The molecule has 0 spiro atoms. The summed E-state index contributed by atoms with van der Waals surface area (Å²) < 4.78 is 9.12. The number of fused-ring (bicyclic) bond motifs is 7. The van der Waals surface area contributed by atoms with Gasteiger partial charge in [-0.1, -0.05) is 134 Å². The number of furan rings is 1. The molecule has 10 rings (SSSR count). The standard InChI is InChI=1S/C46H37N3O/c1-2-33-44(30-14-4-3-5-15-30)47-45(48-46(33)49-40-21-10-8-18-36(40)37-19-9-11-22-41(37)49)32-23-25-38-39-27-31(24-26-42(39)50-43(38)28-32)35-20-12-16-29-13-6-7-17-34(29)35/h3-28,33,44-48H,2H2,1H3. The number of hydrogen-bond donors (Lipinski definition) is 2. The van der Waals surface area contributed by atoms with Crippen LogP contribution in [0.1, 0.15) is 42.8 Å². The van der Waals surface area contributed by atoms with Gasteiger partial charge < -0.3 is 8.98 Å². The highest BCUT2D eigenvalue weighted by Gasteiger charge is 2.39. The van der Waals surface area contributed by atoms with Crippen LogP contribution in [0.5, 0.6) is 0 Å². The maximum atomic E-state index is 6.57. The number of nitrogens with zero attached hydrogens (tertiary/aromatic N) is 1. The monoisotopic (exact) mass is 647 g/mol. The van der Waals surface area contributed by atoms with Crippen molar-refractivity contribution in [2.45, 2.75) is 31.7 Å². The van der Waals surface area contributed by atoms with Crippen LogP contribution in [0.2, 0.25) is 0 Å². The molecule has 9 aromatic rings. The summed E-state index contributed by atoms with van der Waals surface area (Å²) in [5.41, 5.74) is 9.22. The Morgan fingerprint density at radius 3 is 2.02 bits per heavy atom. The Labute approximate surface area is 291 Å². The molecule has 1 aliphatic heterocycles. The van der Waals surface area contributed by atoms with Gasteiger partial charge in [-0.3, -0.25) is 10.6 Å². The minimum atomic E-state index is -0.100. The van der Waals surface area contributed by atoms with Crippen LogP contribution in [0, 0.1) is 5.92 Å². The highest BCUT2D eigenvalue weighted by Crippen LogP contribution is 2.44. The van der Waals surface area contributed by atoms with Crippen molar-refractivity contribution in [2.75, 3.05) is 0 Å². The first-order valence-corrected chi connectivity index (χ1v) is 17.7. The third kappa shape index (κ3) is 4.60. The van der Waals surface area contributed by atoms with E-state index in [1.165, 1.54) is 49.3 Å². The molecule has 0 aliphatic carbocycles. The average molecular weight is 648 g/mol. The van der Waals surface area contributed by atoms with Gasteiger partial charge in [0.1, 0.15) is 11.2 Å². The Balaban J connectivity index is 1.10. The van der Waals surface area contributed by atoms with Gasteiger partial charge in [-0.25, -0.2) is 0 Å².